The third kappa shape index (κ3) is 3.90. The highest BCUT2D eigenvalue weighted by Crippen LogP contribution is 2.40. The number of rotatable bonds is 4. The lowest BCUT2D eigenvalue weighted by Gasteiger charge is -2.16. The summed E-state index contributed by atoms with van der Waals surface area (Å²) >= 11 is 0. The molecule has 0 radical (unpaired) electrons. The average molecular weight is 396 g/mol. The molecular weight excluding hydrogens is 381 g/mol. The lowest BCUT2D eigenvalue weighted by molar-refractivity contribution is -0.137. The molecule has 0 unspecified atom stereocenters. The number of ether oxygens (including phenoxy) is 1. The van der Waals surface area contributed by atoms with Gasteiger partial charge in [-0.25, -0.2) is 4.98 Å². The molecule has 7 heteroatoms. The van der Waals surface area contributed by atoms with Gasteiger partial charge in [-0.3, -0.25) is 4.98 Å². The van der Waals surface area contributed by atoms with Gasteiger partial charge >= 0.3 is 6.18 Å². The number of nitrogens with zero attached hydrogens (tertiary/aromatic N) is 2. The molecule has 2 aromatic heterocycles. The van der Waals surface area contributed by atoms with E-state index in [0.29, 0.717) is 22.2 Å². The van der Waals surface area contributed by atoms with Gasteiger partial charge in [-0.15, -0.1) is 0 Å². The van der Waals surface area contributed by atoms with Gasteiger partial charge in [0.2, 0.25) is 5.88 Å². The molecule has 4 aromatic rings. The van der Waals surface area contributed by atoms with E-state index in [-0.39, 0.29) is 18.2 Å². The standard InChI is InChI=1S/C22H15F3N2O2/c23-22(24,25)16-6-7-18(17-4-2-1-3-15(17)13-28)20(11-16)29-21-8-5-14-12-26-10-9-19(14)27-21/h1-12,28H,13H2. The first-order valence-corrected chi connectivity index (χ1v) is 8.75. The van der Waals surface area contributed by atoms with Gasteiger partial charge in [-0.05, 0) is 35.4 Å². The van der Waals surface area contributed by atoms with Crippen molar-refractivity contribution in [2.45, 2.75) is 12.8 Å². The summed E-state index contributed by atoms with van der Waals surface area (Å²) in [6.45, 7) is -0.252. The Morgan fingerprint density at radius 2 is 1.76 bits per heavy atom. The molecule has 4 nitrogen and oxygen atoms in total. The molecule has 0 bridgehead atoms. The van der Waals surface area contributed by atoms with Crippen molar-refractivity contribution < 1.29 is 23.0 Å². The summed E-state index contributed by atoms with van der Waals surface area (Å²) in [4.78, 5) is 8.36. The van der Waals surface area contributed by atoms with Gasteiger partial charge < -0.3 is 9.84 Å². The van der Waals surface area contributed by atoms with E-state index in [1.54, 1.807) is 54.9 Å². The van der Waals surface area contributed by atoms with Gasteiger partial charge in [0.15, 0.2) is 0 Å². The minimum atomic E-state index is -4.52. The molecule has 4 rings (SSSR count). The van der Waals surface area contributed by atoms with Crippen molar-refractivity contribution in [3.05, 3.63) is 84.2 Å². The predicted molar refractivity (Wildman–Crippen MR) is 102 cm³/mol. The molecule has 0 atom stereocenters. The van der Waals surface area contributed by atoms with Crippen LogP contribution in [0.2, 0.25) is 0 Å². The highest BCUT2D eigenvalue weighted by atomic mass is 19.4. The Hall–Kier alpha value is -3.45. The third-order valence-corrected chi connectivity index (χ3v) is 4.47. The van der Waals surface area contributed by atoms with Crippen molar-refractivity contribution >= 4 is 10.9 Å². The van der Waals surface area contributed by atoms with Crippen LogP contribution in [0.5, 0.6) is 11.6 Å². The number of aliphatic hydroxyl groups is 1. The van der Waals surface area contributed by atoms with Crippen molar-refractivity contribution in [3.63, 3.8) is 0 Å². The largest absolute Gasteiger partial charge is 0.438 e. The van der Waals surface area contributed by atoms with Gasteiger partial charge in [0.25, 0.3) is 0 Å². The number of alkyl halides is 3. The van der Waals surface area contributed by atoms with E-state index in [2.05, 4.69) is 9.97 Å². The number of halogens is 3. The highest BCUT2D eigenvalue weighted by Gasteiger charge is 2.31. The van der Waals surface area contributed by atoms with E-state index >= 15 is 0 Å². The van der Waals surface area contributed by atoms with E-state index in [4.69, 9.17) is 4.74 Å². The molecule has 146 valence electrons. The molecule has 0 aliphatic carbocycles. The van der Waals surface area contributed by atoms with Gasteiger partial charge in [-0.1, -0.05) is 30.3 Å². The maximum atomic E-state index is 13.3. The fourth-order valence-corrected chi connectivity index (χ4v) is 3.04. The van der Waals surface area contributed by atoms with Crippen molar-refractivity contribution in [2.75, 3.05) is 0 Å². The van der Waals surface area contributed by atoms with E-state index in [1.807, 2.05) is 0 Å². The number of fused-ring (bicyclic) bond motifs is 1. The SMILES string of the molecule is OCc1ccccc1-c1ccc(C(F)(F)F)cc1Oc1ccc2cnccc2n1. The van der Waals surface area contributed by atoms with Gasteiger partial charge in [0.1, 0.15) is 5.75 Å². The zero-order valence-corrected chi connectivity index (χ0v) is 15.0. The summed E-state index contributed by atoms with van der Waals surface area (Å²) in [7, 11) is 0. The van der Waals surface area contributed by atoms with Crippen LogP contribution in [0.4, 0.5) is 13.2 Å². The molecule has 29 heavy (non-hydrogen) atoms. The fourth-order valence-electron chi connectivity index (χ4n) is 3.04. The topological polar surface area (TPSA) is 55.2 Å². The summed E-state index contributed by atoms with van der Waals surface area (Å²) in [6, 6.07) is 15.2. The average Bonchev–Trinajstić information content (AvgIpc) is 2.73. The molecule has 0 aliphatic heterocycles. The van der Waals surface area contributed by atoms with Crippen LogP contribution in [0, 0.1) is 0 Å². The molecule has 0 aliphatic rings. The first kappa shape index (κ1) is 18.9. The number of aromatic nitrogens is 2. The summed E-state index contributed by atoms with van der Waals surface area (Å²) in [5.74, 6) is 0.160. The number of aliphatic hydroxyl groups excluding tert-OH is 1. The van der Waals surface area contributed by atoms with Gasteiger partial charge in [0.05, 0.1) is 17.7 Å². The predicted octanol–water partition coefficient (Wildman–Crippen LogP) is 5.60. The monoisotopic (exact) mass is 396 g/mol. The zero-order valence-electron chi connectivity index (χ0n) is 15.0. The second kappa shape index (κ2) is 7.52. The van der Waals surface area contributed by atoms with Crippen LogP contribution in [0.25, 0.3) is 22.0 Å². The molecular formula is C22H15F3N2O2. The van der Waals surface area contributed by atoms with Crippen LogP contribution in [0.3, 0.4) is 0 Å². The number of benzene rings is 2. The summed E-state index contributed by atoms with van der Waals surface area (Å²) < 4.78 is 45.6. The first-order valence-electron chi connectivity index (χ1n) is 8.75. The maximum Gasteiger partial charge on any atom is 0.416 e. The molecule has 0 spiro atoms. The normalized spacial score (nSPS) is 11.6. The molecule has 0 fully saturated rings. The Bertz CT molecular complexity index is 1180. The minimum Gasteiger partial charge on any atom is -0.438 e. The van der Waals surface area contributed by atoms with Crippen molar-refractivity contribution in [1.82, 2.24) is 9.97 Å². The van der Waals surface area contributed by atoms with E-state index in [1.165, 1.54) is 6.07 Å². The molecule has 2 heterocycles. The van der Waals surface area contributed by atoms with Crippen LogP contribution in [0.1, 0.15) is 11.1 Å². The Balaban J connectivity index is 1.84. The second-order valence-electron chi connectivity index (χ2n) is 6.34. The second-order valence-corrected chi connectivity index (χ2v) is 6.34. The molecule has 2 aromatic carbocycles. The Labute approximate surface area is 164 Å². The third-order valence-electron chi connectivity index (χ3n) is 4.47. The fraction of sp³-hybridized carbons (Fsp3) is 0.0909. The molecule has 1 N–H and O–H groups in total. The van der Waals surface area contributed by atoms with Crippen LogP contribution < -0.4 is 4.74 Å². The number of hydrogen-bond donors (Lipinski definition) is 1. The smallest absolute Gasteiger partial charge is 0.416 e. The molecule has 0 amide bonds. The quantitative estimate of drug-likeness (QED) is 0.488. The summed E-state index contributed by atoms with van der Waals surface area (Å²) in [5, 5.41) is 10.4. The maximum absolute atomic E-state index is 13.3. The van der Waals surface area contributed by atoms with Gasteiger partial charge in [0, 0.05) is 29.4 Å². The molecule has 0 saturated carbocycles. The Kier molecular flexibility index (Phi) is 4.90. The number of hydrogen-bond acceptors (Lipinski definition) is 4. The number of pyridine rings is 2. The lowest BCUT2D eigenvalue weighted by Crippen LogP contribution is -2.05. The summed E-state index contributed by atoms with van der Waals surface area (Å²) in [5.41, 5.74) is 1.38. The van der Waals surface area contributed by atoms with Crippen molar-refractivity contribution in [2.24, 2.45) is 0 Å². The molecule has 0 saturated heterocycles. The first-order chi connectivity index (χ1) is 14.0. The van der Waals surface area contributed by atoms with Crippen molar-refractivity contribution in [1.29, 1.82) is 0 Å². The zero-order chi connectivity index (χ0) is 20.4. The van der Waals surface area contributed by atoms with Crippen LogP contribution in [0.15, 0.2) is 73.1 Å². The highest BCUT2D eigenvalue weighted by molar-refractivity contribution is 5.78. The van der Waals surface area contributed by atoms with E-state index in [9.17, 15) is 18.3 Å². The summed E-state index contributed by atoms with van der Waals surface area (Å²) in [6.07, 6.45) is -1.30. The van der Waals surface area contributed by atoms with E-state index in [0.717, 1.165) is 17.5 Å². The Morgan fingerprint density at radius 1 is 0.931 bits per heavy atom. The van der Waals surface area contributed by atoms with Crippen LogP contribution in [-0.2, 0) is 12.8 Å². The van der Waals surface area contributed by atoms with Crippen molar-refractivity contribution in [3.8, 4) is 22.8 Å². The van der Waals surface area contributed by atoms with Crippen LogP contribution in [-0.4, -0.2) is 15.1 Å². The Morgan fingerprint density at radius 3 is 2.55 bits per heavy atom. The minimum absolute atomic E-state index is 0.00151. The van der Waals surface area contributed by atoms with Gasteiger partial charge in [-0.2, -0.15) is 13.2 Å². The van der Waals surface area contributed by atoms with E-state index < -0.39 is 11.7 Å². The van der Waals surface area contributed by atoms with Crippen LogP contribution >= 0.6 is 0 Å². The lowest BCUT2D eigenvalue weighted by atomic mass is 9.98.